The lowest BCUT2D eigenvalue weighted by Crippen LogP contribution is -2.20. The molecule has 0 atom stereocenters. The van der Waals surface area contributed by atoms with Crippen molar-refractivity contribution >= 4 is 28.9 Å². The molecule has 2 aromatic rings. The Morgan fingerprint density at radius 2 is 2.00 bits per heavy atom. The number of esters is 1. The number of carbonyl (C=O) groups is 2. The molecule has 0 aliphatic heterocycles. The van der Waals surface area contributed by atoms with Gasteiger partial charge < -0.3 is 10.1 Å². The summed E-state index contributed by atoms with van der Waals surface area (Å²) in [5.41, 5.74) is 3.07. The first-order chi connectivity index (χ1) is 10.6. The number of carbonyl (C=O) groups excluding carboxylic acids is 2. The molecule has 0 saturated heterocycles. The van der Waals surface area contributed by atoms with Crippen LogP contribution in [0, 0.1) is 6.92 Å². The van der Waals surface area contributed by atoms with E-state index >= 15 is 0 Å². The molecule has 1 amide bonds. The van der Waals surface area contributed by atoms with E-state index in [1.807, 2.05) is 37.3 Å². The summed E-state index contributed by atoms with van der Waals surface area (Å²) in [7, 11) is 0. The maximum atomic E-state index is 12.0. The van der Waals surface area contributed by atoms with Crippen LogP contribution in [0.5, 0.6) is 0 Å². The minimum atomic E-state index is -0.418. The number of rotatable bonds is 4. The lowest BCUT2D eigenvalue weighted by atomic mass is 10.2. The second-order valence-electron chi connectivity index (χ2n) is 5.40. The zero-order valence-electron chi connectivity index (χ0n) is 12.3. The zero-order chi connectivity index (χ0) is 15.5. The molecule has 0 saturated carbocycles. The van der Waals surface area contributed by atoms with Crippen molar-refractivity contribution in [2.75, 3.05) is 11.9 Å². The summed E-state index contributed by atoms with van der Waals surface area (Å²) in [5, 5.41) is 2.70. The Morgan fingerprint density at radius 1 is 1.23 bits per heavy atom. The fraction of sp³-hybridized carbons (Fsp3) is 0.294. The standard InChI is InChI=1S/C17H17NO3S/c1-11-5-7-13(8-6-11)18-16(19)10-21-17(20)15-9-12-3-2-4-14(12)22-15/h5-9H,2-4,10H2,1H3,(H,18,19). The van der Waals surface area contributed by atoms with Crippen molar-refractivity contribution in [1.82, 2.24) is 0 Å². The maximum Gasteiger partial charge on any atom is 0.348 e. The van der Waals surface area contributed by atoms with Crippen molar-refractivity contribution in [2.24, 2.45) is 0 Å². The van der Waals surface area contributed by atoms with Gasteiger partial charge in [0.2, 0.25) is 0 Å². The molecule has 0 unspecified atom stereocenters. The van der Waals surface area contributed by atoms with Gasteiger partial charge in [0.15, 0.2) is 6.61 Å². The van der Waals surface area contributed by atoms with Crippen molar-refractivity contribution in [3.05, 3.63) is 51.2 Å². The van der Waals surface area contributed by atoms with Gasteiger partial charge in [0, 0.05) is 10.6 Å². The monoisotopic (exact) mass is 315 g/mol. The Morgan fingerprint density at radius 3 is 2.73 bits per heavy atom. The van der Waals surface area contributed by atoms with Gasteiger partial charge in [-0.15, -0.1) is 11.3 Å². The molecular weight excluding hydrogens is 298 g/mol. The predicted molar refractivity (Wildman–Crippen MR) is 86.4 cm³/mol. The highest BCUT2D eigenvalue weighted by atomic mass is 32.1. The van der Waals surface area contributed by atoms with Crippen LogP contribution in [0.2, 0.25) is 0 Å². The average Bonchev–Trinajstić information content (AvgIpc) is 3.08. The van der Waals surface area contributed by atoms with Gasteiger partial charge in [-0.2, -0.15) is 0 Å². The molecule has 1 aliphatic rings. The molecular formula is C17H17NO3S. The SMILES string of the molecule is Cc1ccc(NC(=O)COC(=O)c2cc3c(s2)CCC3)cc1. The van der Waals surface area contributed by atoms with E-state index in [0.717, 1.165) is 24.8 Å². The van der Waals surface area contributed by atoms with E-state index in [1.54, 1.807) is 0 Å². The number of amides is 1. The minimum Gasteiger partial charge on any atom is -0.451 e. The van der Waals surface area contributed by atoms with Crippen LogP contribution in [-0.4, -0.2) is 18.5 Å². The Labute approximate surface area is 133 Å². The molecule has 22 heavy (non-hydrogen) atoms. The van der Waals surface area contributed by atoms with E-state index in [1.165, 1.54) is 21.8 Å². The van der Waals surface area contributed by atoms with Gasteiger partial charge in [-0.3, -0.25) is 4.79 Å². The number of benzene rings is 1. The second-order valence-corrected chi connectivity index (χ2v) is 6.54. The van der Waals surface area contributed by atoms with Crippen LogP contribution in [0.4, 0.5) is 5.69 Å². The van der Waals surface area contributed by atoms with Crippen LogP contribution in [0.3, 0.4) is 0 Å². The third-order valence-corrected chi connectivity index (χ3v) is 4.83. The summed E-state index contributed by atoms with van der Waals surface area (Å²) in [4.78, 5) is 25.6. The van der Waals surface area contributed by atoms with E-state index in [4.69, 9.17) is 4.74 Å². The number of ether oxygens (including phenoxy) is 1. The van der Waals surface area contributed by atoms with Gasteiger partial charge in [0.05, 0.1) is 0 Å². The van der Waals surface area contributed by atoms with Crippen molar-refractivity contribution < 1.29 is 14.3 Å². The van der Waals surface area contributed by atoms with Gasteiger partial charge in [0.1, 0.15) is 4.88 Å². The first-order valence-corrected chi connectivity index (χ1v) is 8.09. The topological polar surface area (TPSA) is 55.4 Å². The van der Waals surface area contributed by atoms with Crippen LogP contribution < -0.4 is 5.32 Å². The number of fused-ring (bicyclic) bond motifs is 1. The Balaban J connectivity index is 1.51. The highest BCUT2D eigenvalue weighted by Crippen LogP contribution is 2.30. The van der Waals surface area contributed by atoms with Gasteiger partial charge >= 0.3 is 5.97 Å². The zero-order valence-corrected chi connectivity index (χ0v) is 13.2. The number of thiophene rings is 1. The predicted octanol–water partition coefficient (Wildman–Crippen LogP) is 3.34. The molecule has 1 heterocycles. The van der Waals surface area contributed by atoms with Crippen molar-refractivity contribution in [3.8, 4) is 0 Å². The van der Waals surface area contributed by atoms with Crippen LogP contribution in [-0.2, 0) is 22.4 Å². The molecule has 3 rings (SSSR count). The number of anilines is 1. The fourth-order valence-corrected chi connectivity index (χ4v) is 3.61. The molecule has 1 aromatic heterocycles. The third kappa shape index (κ3) is 3.36. The lowest BCUT2D eigenvalue weighted by molar-refractivity contribution is -0.119. The van der Waals surface area contributed by atoms with Gasteiger partial charge in [-0.05, 0) is 49.9 Å². The van der Waals surface area contributed by atoms with Crippen LogP contribution in [0.1, 0.15) is 32.1 Å². The average molecular weight is 315 g/mol. The summed E-state index contributed by atoms with van der Waals surface area (Å²) in [6, 6.07) is 9.36. The van der Waals surface area contributed by atoms with Crippen molar-refractivity contribution in [2.45, 2.75) is 26.2 Å². The Bertz CT molecular complexity index is 682. The minimum absolute atomic E-state index is 0.269. The lowest BCUT2D eigenvalue weighted by Gasteiger charge is -2.06. The highest BCUT2D eigenvalue weighted by Gasteiger charge is 2.19. The molecule has 5 heteroatoms. The molecule has 1 N–H and O–H groups in total. The molecule has 0 spiro atoms. The Kier molecular flexibility index (Phi) is 4.24. The maximum absolute atomic E-state index is 12.0. The number of hydrogen-bond donors (Lipinski definition) is 1. The number of aryl methyl sites for hydroxylation is 3. The van der Waals surface area contributed by atoms with E-state index in [-0.39, 0.29) is 12.5 Å². The van der Waals surface area contributed by atoms with Crippen molar-refractivity contribution in [3.63, 3.8) is 0 Å². The normalized spacial score (nSPS) is 12.8. The summed E-state index contributed by atoms with van der Waals surface area (Å²) in [6.45, 7) is 1.71. The van der Waals surface area contributed by atoms with Crippen LogP contribution in [0.25, 0.3) is 0 Å². The molecule has 1 aromatic carbocycles. The second kappa shape index (κ2) is 6.32. The summed E-state index contributed by atoms with van der Waals surface area (Å²) in [5.74, 6) is -0.750. The first kappa shape index (κ1) is 14.8. The van der Waals surface area contributed by atoms with Crippen molar-refractivity contribution in [1.29, 1.82) is 0 Å². The van der Waals surface area contributed by atoms with E-state index < -0.39 is 5.97 Å². The van der Waals surface area contributed by atoms with E-state index in [9.17, 15) is 9.59 Å². The third-order valence-electron chi connectivity index (χ3n) is 3.62. The smallest absolute Gasteiger partial charge is 0.348 e. The van der Waals surface area contributed by atoms with Crippen LogP contribution in [0.15, 0.2) is 30.3 Å². The number of hydrogen-bond acceptors (Lipinski definition) is 4. The van der Waals surface area contributed by atoms with Crippen LogP contribution >= 0.6 is 11.3 Å². The largest absolute Gasteiger partial charge is 0.451 e. The first-order valence-electron chi connectivity index (χ1n) is 7.27. The molecule has 0 radical (unpaired) electrons. The summed E-state index contributed by atoms with van der Waals surface area (Å²) in [6.07, 6.45) is 3.24. The number of nitrogens with one attached hydrogen (secondary N) is 1. The molecule has 114 valence electrons. The summed E-state index contributed by atoms with van der Waals surface area (Å²) < 4.78 is 5.08. The highest BCUT2D eigenvalue weighted by molar-refractivity contribution is 7.14. The molecule has 0 bridgehead atoms. The quantitative estimate of drug-likeness (QED) is 0.880. The van der Waals surface area contributed by atoms with Gasteiger partial charge in [0.25, 0.3) is 5.91 Å². The van der Waals surface area contributed by atoms with E-state index in [2.05, 4.69) is 5.32 Å². The Hall–Kier alpha value is -2.14. The fourth-order valence-electron chi connectivity index (χ4n) is 2.47. The molecule has 1 aliphatic carbocycles. The molecule has 0 fully saturated rings. The summed E-state index contributed by atoms with van der Waals surface area (Å²) >= 11 is 1.48. The van der Waals surface area contributed by atoms with Gasteiger partial charge in [-0.25, -0.2) is 4.79 Å². The molecule has 4 nitrogen and oxygen atoms in total. The van der Waals surface area contributed by atoms with E-state index in [0.29, 0.717) is 10.6 Å². The van der Waals surface area contributed by atoms with Gasteiger partial charge in [-0.1, -0.05) is 17.7 Å².